The summed E-state index contributed by atoms with van der Waals surface area (Å²) in [6.07, 6.45) is 0.968. The Morgan fingerprint density at radius 1 is 1.00 bits per heavy atom. The van der Waals surface area contributed by atoms with Crippen LogP contribution in [0, 0.1) is 0 Å². The lowest BCUT2D eigenvalue weighted by Gasteiger charge is -2.28. The second kappa shape index (κ2) is 8.58. The second-order valence-corrected chi connectivity index (χ2v) is 6.98. The normalized spacial score (nSPS) is 14.2. The van der Waals surface area contributed by atoms with Gasteiger partial charge in [-0.1, -0.05) is 6.92 Å². The van der Waals surface area contributed by atoms with Crippen molar-refractivity contribution >= 4 is 21.4 Å². The minimum Gasteiger partial charge on any atom is -0.374 e. The maximum absolute atomic E-state index is 5.72. The molecule has 0 aromatic carbocycles. The third-order valence-electron chi connectivity index (χ3n) is 1.96. The second-order valence-electron chi connectivity index (χ2n) is 3.37. The van der Waals surface area contributed by atoms with Gasteiger partial charge in [0, 0.05) is 25.9 Å². The fraction of sp³-hybridized carbons (Fsp3) is 1.00. The van der Waals surface area contributed by atoms with Crippen molar-refractivity contribution in [2.75, 3.05) is 19.8 Å². The summed E-state index contributed by atoms with van der Waals surface area (Å²) >= 11 is 4.37. The molecule has 0 spiro atoms. The minimum absolute atomic E-state index is 0.359. The van der Waals surface area contributed by atoms with Gasteiger partial charge in [-0.25, -0.2) is 0 Å². The van der Waals surface area contributed by atoms with Crippen LogP contribution in [0.1, 0.15) is 34.1 Å². The highest BCUT2D eigenvalue weighted by atomic mass is 32.1. The van der Waals surface area contributed by atoms with Gasteiger partial charge in [0.25, 0.3) is 0 Å². The first-order valence-electron chi connectivity index (χ1n) is 5.70. The van der Waals surface area contributed by atoms with Crippen LogP contribution in [0.3, 0.4) is 0 Å². The summed E-state index contributed by atoms with van der Waals surface area (Å²) in [7, 11) is -2.41. The molecule has 0 aliphatic carbocycles. The van der Waals surface area contributed by atoms with Crippen molar-refractivity contribution in [1.82, 2.24) is 0 Å². The van der Waals surface area contributed by atoms with Crippen molar-refractivity contribution in [3.8, 4) is 0 Å². The molecule has 0 fully saturated rings. The molecular formula is C10H24O3SSi. The van der Waals surface area contributed by atoms with Gasteiger partial charge in [0.2, 0.25) is 0 Å². The van der Waals surface area contributed by atoms with Crippen LogP contribution in [0.2, 0.25) is 6.04 Å². The summed E-state index contributed by atoms with van der Waals surface area (Å²) in [5.74, 6) is 0. The molecule has 0 saturated carbocycles. The molecule has 0 aromatic rings. The smallest absolute Gasteiger partial charge is 0.374 e. The Kier molecular flexibility index (Phi) is 8.84. The van der Waals surface area contributed by atoms with Crippen LogP contribution in [-0.4, -0.2) is 33.9 Å². The van der Waals surface area contributed by atoms with Crippen LogP contribution >= 0.6 is 12.6 Å². The van der Waals surface area contributed by atoms with Gasteiger partial charge in [-0.05, 0) is 32.4 Å². The molecule has 0 aliphatic heterocycles. The quantitative estimate of drug-likeness (QED) is 0.505. The van der Waals surface area contributed by atoms with E-state index >= 15 is 0 Å². The Hall–Kier alpha value is 0.447. The van der Waals surface area contributed by atoms with E-state index in [0.29, 0.717) is 25.1 Å². The Bertz CT molecular complexity index is 139. The zero-order valence-electron chi connectivity index (χ0n) is 10.3. The summed E-state index contributed by atoms with van der Waals surface area (Å²) in [5.41, 5.74) is 0. The number of hydrogen-bond acceptors (Lipinski definition) is 4. The molecule has 3 nitrogen and oxygen atoms in total. The van der Waals surface area contributed by atoms with E-state index in [-0.39, 0.29) is 0 Å². The lowest BCUT2D eigenvalue weighted by molar-refractivity contribution is 0.0709. The third kappa shape index (κ3) is 6.58. The van der Waals surface area contributed by atoms with E-state index < -0.39 is 8.80 Å². The molecule has 0 aromatic heterocycles. The molecule has 0 heterocycles. The van der Waals surface area contributed by atoms with E-state index in [0.717, 1.165) is 12.5 Å². The van der Waals surface area contributed by atoms with Crippen LogP contribution in [0.25, 0.3) is 0 Å². The molecule has 15 heavy (non-hydrogen) atoms. The van der Waals surface area contributed by atoms with Crippen molar-refractivity contribution in [2.24, 2.45) is 0 Å². The zero-order valence-corrected chi connectivity index (χ0v) is 12.2. The van der Waals surface area contributed by atoms with E-state index in [1.54, 1.807) is 0 Å². The van der Waals surface area contributed by atoms with Crippen molar-refractivity contribution in [1.29, 1.82) is 0 Å². The Morgan fingerprint density at radius 3 is 1.67 bits per heavy atom. The first-order chi connectivity index (χ1) is 7.10. The van der Waals surface area contributed by atoms with Crippen LogP contribution in [0.4, 0.5) is 0 Å². The monoisotopic (exact) mass is 252 g/mol. The first-order valence-corrected chi connectivity index (χ1v) is 8.15. The summed E-state index contributed by atoms with van der Waals surface area (Å²) < 4.78 is 17.2. The predicted octanol–water partition coefficient (Wildman–Crippen LogP) is 2.74. The lowest BCUT2D eigenvalue weighted by atomic mass is 10.4. The van der Waals surface area contributed by atoms with Gasteiger partial charge in [0.15, 0.2) is 0 Å². The van der Waals surface area contributed by atoms with Crippen molar-refractivity contribution in [2.45, 2.75) is 45.4 Å². The van der Waals surface area contributed by atoms with E-state index in [1.807, 2.05) is 20.8 Å². The van der Waals surface area contributed by atoms with E-state index in [9.17, 15) is 0 Å². The fourth-order valence-corrected chi connectivity index (χ4v) is 4.55. The molecular weight excluding hydrogens is 228 g/mol. The van der Waals surface area contributed by atoms with Gasteiger partial charge in [-0.2, -0.15) is 12.6 Å². The first kappa shape index (κ1) is 15.4. The van der Waals surface area contributed by atoms with Crippen LogP contribution < -0.4 is 0 Å². The molecule has 5 heteroatoms. The molecule has 1 atom stereocenters. The van der Waals surface area contributed by atoms with Gasteiger partial charge >= 0.3 is 8.80 Å². The molecule has 0 radical (unpaired) electrons. The third-order valence-corrected chi connectivity index (χ3v) is 5.31. The molecule has 0 saturated heterocycles. The number of thiol groups is 1. The lowest BCUT2D eigenvalue weighted by Crippen LogP contribution is -2.46. The standard InChI is InChI=1S/C10H24O3SSi/c1-5-11-15(12-6-2,13-7-3)9-8-10(4)14/h10,14H,5-9H2,1-4H3. The van der Waals surface area contributed by atoms with Gasteiger partial charge in [0.1, 0.15) is 0 Å². The summed E-state index contributed by atoms with van der Waals surface area (Å²) in [4.78, 5) is 0. The van der Waals surface area contributed by atoms with Gasteiger partial charge in [0.05, 0.1) is 0 Å². The van der Waals surface area contributed by atoms with E-state index in [4.69, 9.17) is 13.3 Å². The molecule has 0 N–H and O–H groups in total. The molecule has 92 valence electrons. The molecule has 0 amide bonds. The summed E-state index contributed by atoms with van der Waals surface area (Å²) in [5, 5.41) is 0.359. The maximum atomic E-state index is 5.72. The molecule has 0 aliphatic rings. The average Bonchev–Trinajstić information content (AvgIpc) is 2.16. The van der Waals surface area contributed by atoms with Crippen molar-refractivity contribution in [3.63, 3.8) is 0 Å². The van der Waals surface area contributed by atoms with Gasteiger partial charge in [-0.3, -0.25) is 0 Å². The van der Waals surface area contributed by atoms with Crippen LogP contribution in [0.5, 0.6) is 0 Å². The van der Waals surface area contributed by atoms with E-state index in [1.165, 1.54) is 0 Å². The number of rotatable bonds is 9. The largest absolute Gasteiger partial charge is 0.500 e. The average molecular weight is 252 g/mol. The minimum atomic E-state index is -2.41. The number of hydrogen-bond donors (Lipinski definition) is 1. The topological polar surface area (TPSA) is 27.7 Å². The van der Waals surface area contributed by atoms with Gasteiger partial charge in [-0.15, -0.1) is 0 Å². The highest BCUT2D eigenvalue weighted by molar-refractivity contribution is 7.80. The summed E-state index contributed by atoms with van der Waals surface area (Å²) in [6.45, 7) is 9.94. The Morgan fingerprint density at radius 2 is 1.40 bits per heavy atom. The molecule has 1 unspecified atom stereocenters. The SMILES string of the molecule is CCO[Si](CCC(C)S)(OCC)OCC. The Balaban J connectivity index is 4.31. The Labute approximate surface area is 100 Å². The highest BCUT2D eigenvalue weighted by Gasteiger charge is 2.39. The van der Waals surface area contributed by atoms with Crippen molar-refractivity contribution < 1.29 is 13.3 Å². The van der Waals surface area contributed by atoms with Crippen LogP contribution in [-0.2, 0) is 13.3 Å². The predicted molar refractivity (Wildman–Crippen MR) is 68.5 cm³/mol. The summed E-state index contributed by atoms with van der Waals surface area (Å²) in [6, 6.07) is 0.854. The maximum Gasteiger partial charge on any atom is 0.500 e. The van der Waals surface area contributed by atoms with Crippen molar-refractivity contribution in [3.05, 3.63) is 0 Å². The molecule has 0 bridgehead atoms. The zero-order chi connectivity index (χ0) is 11.7. The van der Waals surface area contributed by atoms with Gasteiger partial charge < -0.3 is 13.3 Å². The van der Waals surface area contributed by atoms with Crippen LogP contribution in [0.15, 0.2) is 0 Å². The molecule has 0 rings (SSSR count). The highest BCUT2D eigenvalue weighted by Crippen LogP contribution is 2.20. The fourth-order valence-electron chi connectivity index (χ4n) is 1.39. The van der Waals surface area contributed by atoms with E-state index in [2.05, 4.69) is 19.6 Å².